The number of aromatic hydroxyl groups is 1. The molecule has 2 N–H and O–H groups in total. The van der Waals surface area contributed by atoms with Crippen LogP contribution in [-0.4, -0.2) is 26.0 Å². The lowest BCUT2D eigenvalue weighted by Gasteiger charge is -2.06. The first kappa shape index (κ1) is 13.4. The van der Waals surface area contributed by atoms with Crippen LogP contribution in [0.3, 0.4) is 0 Å². The average Bonchev–Trinajstić information content (AvgIpc) is 2.83. The van der Waals surface area contributed by atoms with Crippen LogP contribution in [0.15, 0.2) is 36.4 Å². The fourth-order valence-corrected chi connectivity index (χ4v) is 2.13. The monoisotopic (exact) mass is 302 g/mol. The van der Waals surface area contributed by atoms with Gasteiger partial charge in [-0.1, -0.05) is 11.6 Å². The number of carbonyl (C=O) groups is 1. The first-order valence-corrected chi connectivity index (χ1v) is 6.54. The zero-order valence-electron chi connectivity index (χ0n) is 11.0. The molecule has 1 heterocycles. The largest absolute Gasteiger partial charge is 0.506 e. The van der Waals surface area contributed by atoms with Gasteiger partial charge in [-0.3, -0.25) is 4.79 Å². The van der Waals surface area contributed by atoms with Gasteiger partial charge in [0.15, 0.2) is 0 Å². The predicted octanol–water partition coefficient (Wildman–Crippen LogP) is 2.74. The number of aromatic nitrogens is 3. The van der Waals surface area contributed by atoms with Gasteiger partial charge in [0.05, 0.1) is 0 Å². The molecule has 0 bridgehead atoms. The second-order valence-corrected chi connectivity index (χ2v) is 4.94. The summed E-state index contributed by atoms with van der Waals surface area (Å²) in [4.78, 5) is 12.4. The van der Waals surface area contributed by atoms with E-state index in [9.17, 15) is 9.90 Å². The summed E-state index contributed by atoms with van der Waals surface area (Å²) >= 11 is 5.91. The summed E-state index contributed by atoms with van der Waals surface area (Å²) in [6, 6.07) is 9.82. The second-order valence-electron chi connectivity index (χ2n) is 4.51. The van der Waals surface area contributed by atoms with E-state index in [1.54, 1.807) is 30.3 Å². The van der Waals surface area contributed by atoms with Gasteiger partial charge in [0.25, 0.3) is 0 Å². The second kappa shape index (κ2) is 5.06. The van der Waals surface area contributed by atoms with Crippen molar-refractivity contribution in [2.24, 2.45) is 0 Å². The molecule has 6 nitrogen and oxygen atoms in total. The van der Waals surface area contributed by atoms with E-state index in [2.05, 4.69) is 15.5 Å². The lowest BCUT2D eigenvalue weighted by atomic mass is 10.2. The Kier molecular flexibility index (Phi) is 3.23. The summed E-state index contributed by atoms with van der Waals surface area (Å²) in [5.74, 6) is -0.187. The summed E-state index contributed by atoms with van der Waals surface area (Å²) in [7, 11) is 0. The normalized spacial score (nSPS) is 10.8. The van der Waals surface area contributed by atoms with Gasteiger partial charge in [-0.05, 0) is 36.4 Å². The van der Waals surface area contributed by atoms with E-state index in [0.717, 1.165) is 0 Å². The van der Waals surface area contributed by atoms with Crippen molar-refractivity contribution in [3.8, 4) is 11.4 Å². The lowest BCUT2D eigenvalue weighted by Crippen LogP contribution is -2.07. The highest BCUT2D eigenvalue weighted by Crippen LogP contribution is 2.26. The molecule has 3 rings (SSSR count). The Bertz CT molecular complexity index is 844. The van der Waals surface area contributed by atoms with Crippen LogP contribution >= 0.6 is 11.6 Å². The van der Waals surface area contributed by atoms with Crippen LogP contribution in [0.1, 0.15) is 6.92 Å². The molecule has 0 radical (unpaired) electrons. The number of halogens is 1. The summed E-state index contributed by atoms with van der Waals surface area (Å²) in [6.45, 7) is 1.41. The molecule has 21 heavy (non-hydrogen) atoms. The molecule has 0 atom stereocenters. The Morgan fingerprint density at radius 1 is 1.19 bits per heavy atom. The Labute approximate surface area is 125 Å². The molecule has 0 saturated carbocycles. The Morgan fingerprint density at radius 3 is 2.71 bits per heavy atom. The Balaban J connectivity index is 2.10. The van der Waals surface area contributed by atoms with E-state index < -0.39 is 0 Å². The van der Waals surface area contributed by atoms with Crippen LogP contribution in [-0.2, 0) is 4.79 Å². The van der Waals surface area contributed by atoms with Gasteiger partial charge in [-0.25, -0.2) is 0 Å². The van der Waals surface area contributed by atoms with Crippen molar-refractivity contribution in [2.75, 3.05) is 5.32 Å². The number of nitrogens with zero attached hydrogens (tertiary/aromatic N) is 3. The summed E-state index contributed by atoms with van der Waals surface area (Å²) < 4.78 is 0. The number of fused-ring (bicyclic) bond motifs is 1. The lowest BCUT2D eigenvalue weighted by molar-refractivity contribution is -0.114. The SMILES string of the molecule is CC(=O)Nc1ccc(O)c(-n2nc3ccc(Cl)cc3n2)c1. The molecule has 2 aromatic carbocycles. The third kappa shape index (κ3) is 2.66. The highest BCUT2D eigenvalue weighted by molar-refractivity contribution is 6.31. The Hall–Kier alpha value is -2.60. The van der Waals surface area contributed by atoms with E-state index in [4.69, 9.17) is 11.6 Å². The standard InChI is InChI=1S/C14H11ClN4O2/c1-8(20)16-10-3-5-14(21)13(7-10)19-17-11-4-2-9(15)6-12(11)18-19/h2-7,21H,1H3,(H,16,20). The van der Waals surface area contributed by atoms with Crippen LogP contribution in [0.5, 0.6) is 5.75 Å². The van der Waals surface area contributed by atoms with Crippen LogP contribution < -0.4 is 5.32 Å². The smallest absolute Gasteiger partial charge is 0.221 e. The van der Waals surface area contributed by atoms with E-state index in [0.29, 0.717) is 27.4 Å². The molecule has 7 heteroatoms. The molecule has 0 aliphatic rings. The van der Waals surface area contributed by atoms with Crippen LogP contribution in [0, 0.1) is 0 Å². The van der Waals surface area contributed by atoms with Gasteiger partial charge in [0, 0.05) is 17.6 Å². The van der Waals surface area contributed by atoms with Crippen LogP contribution in [0.2, 0.25) is 5.02 Å². The molecule has 0 saturated heterocycles. The molecule has 0 aliphatic carbocycles. The molecule has 3 aromatic rings. The van der Waals surface area contributed by atoms with Gasteiger partial charge >= 0.3 is 0 Å². The molecule has 0 fully saturated rings. The maximum Gasteiger partial charge on any atom is 0.221 e. The molecular formula is C14H11ClN4O2. The van der Waals surface area contributed by atoms with Crippen LogP contribution in [0.25, 0.3) is 16.7 Å². The number of phenolic OH excluding ortho intramolecular Hbond substituents is 1. The molecule has 0 spiro atoms. The van der Waals surface area contributed by atoms with Crippen molar-refractivity contribution in [3.63, 3.8) is 0 Å². The third-order valence-electron chi connectivity index (χ3n) is 2.85. The van der Waals surface area contributed by atoms with Gasteiger partial charge in [-0.15, -0.1) is 15.0 Å². The summed E-state index contributed by atoms with van der Waals surface area (Å²) in [5.41, 5.74) is 2.19. The van der Waals surface area contributed by atoms with Crippen LogP contribution in [0.4, 0.5) is 5.69 Å². The number of hydrogen-bond donors (Lipinski definition) is 2. The number of carbonyl (C=O) groups excluding carboxylic acids is 1. The number of anilines is 1. The maximum absolute atomic E-state index is 11.1. The molecule has 1 amide bonds. The zero-order chi connectivity index (χ0) is 15.0. The quantitative estimate of drug-likeness (QED) is 0.713. The van der Waals surface area contributed by atoms with Crippen molar-refractivity contribution < 1.29 is 9.90 Å². The van der Waals surface area contributed by atoms with Crippen molar-refractivity contribution in [1.29, 1.82) is 0 Å². The maximum atomic E-state index is 11.1. The number of rotatable bonds is 2. The molecule has 0 aliphatic heterocycles. The number of amides is 1. The minimum atomic E-state index is -0.197. The number of nitrogens with one attached hydrogen (secondary N) is 1. The first-order chi connectivity index (χ1) is 10.0. The number of hydrogen-bond acceptors (Lipinski definition) is 4. The summed E-state index contributed by atoms with van der Waals surface area (Å²) in [5, 5.41) is 21.7. The summed E-state index contributed by atoms with van der Waals surface area (Å²) in [6.07, 6.45) is 0. The van der Waals surface area contributed by atoms with Crippen molar-refractivity contribution >= 4 is 34.2 Å². The van der Waals surface area contributed by atoms with E-state index in [1.807, 2.05) is 0 Å². The molecule has 0 unspecified atom stereocenters. The predicted molar refractivity (Wildman–Crippen MR) is 79.8 cm³/mol. The fourth-order valence-electron chi connectivity index (χ4n) is 1.96. The van der Waals surface area contributed by atoms with Gasteiger partial charge < -0.3 is 10.4 Å². The zero-order valence-corrected chi connectivity index (χ0v) is 11.8. The number of benzene rings is 2. The highest BCUT2D eigenvalue weighted by Gasteiger charge is 2.10. The first-order valence-electron chi connectivity index (χ1n) is 6.16. The van der Waals surface area contributed by atoms with E-state index >= 15 is 0 Å². The third-order valence-corrected chi connectivity index (χ3v) is 3.09. The molecular weight excluding hydrogens is 292 g/mol. The number of phenols is 1. The van der Waals surface area contributed by atoms with Gasteiger partial charge in [0.2, 0.25) is 5.91 Å². The average molecular weight is 303 g/mol. The topological polar surface area (TPSA) is 80.0 Å². The van der Waals surface area contributed by atoms with Gasteiger partial charge in [0.1, 0.15) is 22.5 Å². The van der Waals surface area contributed by atoms with Crippen molar-refractivity contribution in [3.05, 3.63) is 41.4 Å². The van der Waals surface area contributed by atoms with Gasteiger partial charge in [-0.2, -0.15) is 0 Å². The highest BCUT2D eigenvalue weighted by atomic mass is 35.5. The van der Waals surface area contributed by atoms with E-state index in [-0.39, 0.29) is 11.7 Å². The Morgan fingerprint density at radius 2 is 1.95 bits per heavy atom. The van der Waals surface area contributed by atoms with Crippen molar-refractivity contribution in [2.45, 2.75) is 6.92 Å². The van der Waals surface area contributed by atoms with Crippen molar-refractivity contribution in [1.82, 2.24) is 15.0 Å². The minimum Gasteiger partial charge on any atom is -0.506 e. The fraction of sp³-hybridized carbons (Fsp3) is 0.0714. The molecule has 106 valence electrons. The minimum absolute atomic E-state index is 0.00973. The van der Waals surface area contributed by atoms with E-state index in [1.165, 1.54) is 17.8 Å². The molecule has 1 aromatic heterocycles.